The number of methoxy groups -OCH3 is 1. The molecule has 1 atom stereocenters. The molecule has 176 valence electrons. The molecule has 0 bridgehead atoms. The van der Waals surface area contributed by atoms with Gasteiger partial charge in [0.15, 0.2) is 0 Å². The predicted octanol–water partition coefficient (Wildman–Crippen LogP) is 4.98. The third-order valence-electron chi connectivity index (χ3n) is 6.39. The van der Waals surface area contributed by atoms with Gasteiger partial charge in [0.05, 0.1) is 18.7 Å². The standard InChI is InChI=1S/C28H23FN2O4/c1-35-21-12-8-18(9-13-21)26(32)24-25(17-6-10-20(29)11-7-17)31(28(34)27(24)33)15-14-19-16-30-23-5-3-2-4-22(19)23/h2-13,16,25,30,32H,14-15H2,1H3/t25-/m0/s1. The molecule has 1 aliphatic heterocycles. The highest BCUT2D eigenvalue weighted by atomic mass is 19.1. The zero-order valence-corrected chi connectivity index (χ0v) is 19.0. The minimum absolute atomic E-state index is 0.0225. The molecule has 2 heterocycles. The summed E-state index contributed by atoms with van der Waals surface area (Å²) >= 11 is 0. The van der Waals surface area contributed by atoms with Crippen LogP contribution in [0.15, 0.2) is 84.6 Å². The van der Waals surface area contributed by atoms with Gasteiger partial charge in [-0.3, -0.25) is 9.59 Å². The Morgan fingerprint density at radius 3 is 2.46 bits per heavy atom. The van der Waals surface area contributed by atoms with E-state index in [1.165, 1.54) is 36.3 Å². The van der Waals surface area contributed by atoms with Crippen molar-refractivity contribution >= 4 is 28.4 Å². The minimum Gasteiger partial charge on any atom is -0.507 e. The first kappa shape index (κ1) is 22.4. The van der Waals surface area contributed by atoms with E-state index in [9.17, 15) is 19.1 Å². The number of likely N-dealkylation sites (tertiary alicyclic amines) is 1. The number of H-pyrrole nitrogens is 1. The van der Waals surface area contributed by atoms with E-state index in [1.54, 1.807) is 24.3 Å². The van der Waals surface area contributed by atoms with Crippen LogP contribution in [0.2, 0.25) is 0 Å². The molecule has 2 N–H and O–H groups in total. The Morgan fingerprint density at radius 2 is 1.74 bits per heavy atom. The molecule has 7 heteroatoms. The number of amides is 1. The minimum atomic E-state index is -0.845. The number of nitrogens with one attached hydrogen (secondary N) is 1. The second-order valence-electron chi connectivity index (χ2n) is 8.38. The average molecular weight is 471 g/mol. The summed E-state index contributed by atoms with van der Waals surface area (Å²) in [6, 6.07) is 19.2. The van der Waals surface area contributed by atoms with Crippen molar-refractivity contribution in [1.29, 1.82) is 0 Å². The molecule has 0 radical (unpaired) electrons. The molecule has 0 unspecified atom stereocenters. The van der Waals surface area contributed by atoms with Crippen LogP contribution in [0.1, 0.15) is 22.7 Å². The van der Waals surface area contributed by atoms with Gasteiger partial charge in [0.2, 0.25) is 0 Å². The van der Waals surface area contributed by atoms with Gasteiger partial charge in [0.25, 0.3) is 11.7 Å². The molecular formula is C28H23FN2O4. The summed E-state index contributed by atoms with van der Waals surface area (Å²) in [6.07, 6.45) is 2.39. The number of carbonyl (C=O) groups excluding carboxylic acids is 2. The van der Waals surface area contributed by atoms with E-state index in [0.717, 1.165) is 16.5 Å². The highest BCUT2D eigenvalue weighted by molar-refractivity contribution is 6.46. The highest BCUT2D eigenvalue weighted by Gasteiger charge is 2.45. The van der Waals surface area contributed by atoms with Crippen LogP contribution in [-0.2, 0) is 16.0 Å². The zero-order valence-electron chi connectivity index (χ0n) is 19.0. The van der Waals surface area contributed by atoms with Crippen molar-refractivity contribution in [3.8, 4) is 5.75 Å². The van der Waals surface area contributed by atoms with Crippen LogP contribution in [0, 0.1) is 5.82 Å². The first-order valence-electron chi connectivity index (χ1n) is 11.2. The number of para-hydroxylation sites is 1. The number of aromatic amines is 1. The van der Waals surface area contributed by atoms with Gasteiger partial charge < -0.3 is 19.7 Å². The Kier molecular flexibility index (Phi) is 5.82. The summed E-state index contributed by atoms with van der Waals surface area (Å²) in [5.41, 5.74) is 2.90. The Hall–Kier alpha value is -4.39. The lowest BCUT2D eigenvalue weighted by molar-refractivity contribution is -0.139. The van der Waals surface area contributed by atoms with Gasteiger partial charge in [-0.25, -0.2) is 4.39 Å². The summed E-state index contributed by atoms with van der Waals surface area (Å²) < 4.78 is 18.8. The van der Waals surface area contributed by atoms with Gasteiger partial charge in [-0.2, -0.15) is 0 Å². The van der Waals surface area contributed by atoms with Crippen molar-refractivity contribution in [3.05, 3.63) is 107 Å². The molecule has 1 fully saturated rings. The van der Waals surface area contributed by atoms with Crippen molar-refractivity contribution in [2.24, 2.45) is 0 Å². The van der Waals surface area contributed by atoms with Gasteiger partial charge in [-0.15, -0.1) is 0 Å². The summed E-state index contributed by atoms with van der Waals surface area (Å²) in [6.45, 7) is 0.244. The molecule has 1 aliphatic rings. The van der Waals surface area contributed by atoms with Gasteiger partial charge in [-0.05, 0) is 60.0 Å². The lowest BCUT2D eigenvalue weighted by atomic mass is 9.95. The fraction of sp³-hybridized carbons (Fsp3) is 0.143. The van der Waals surface area contributed by atoms with Crippen molar-refractivity contribution in [3.63, 3.8) is 0 Å². The van der Waals surface area contributed by atoms with Gasteiger partial charge >= 0.3 is 0 Å². The number of ketones is 1. The predicted molar refractivity (Wildman–Crippen MR) is 130 cm³/mol. The van der Waals surface area contributed by atoms with E-state index < -0.39 is 23.5 Å². The molecule has 1 amide bonds. The number of ether oxygens (including phenoxy) is 1. The van der Waals surface area contributed by atoms with Gasteiger partial charge in [0.1, 0.15) is 17.3 Å². The Labute approximate surface area is 201 Å². The van der Waals surface area contributed by atoms with Crippen molar-refractivity contribution in [2.75, 3.05) is 13.7 Å². The largest absolute Gasteiger partial charge is 0.507 e. The maximum Gasteiger partial charge on any atom is 0.295 e. The van der Waals surface area contributed by atoms with E-state index in [0.29, 0.717) is 23.3 Å². The molecule has 1 aromatic heterocycles. The number of aromatic nitrogens is 1. The molecule has 3 aromatic carbocycles. The molecule has 5 rings (SSSR count). The third kappa shape index (κ3) is 4.05. The lowest BCUT2D eigenvalue weighted by Crippen LogP contribution is -2.31. The number of benzene rings is 3. The number of hydrogen-bond donors (Lipinski definition) is 2. The van der Waals surface area contributed by atoms with Crippen LogP contribution in [0.3, 0.4) is 0 Å². The van der Waals surface area contributed by atoms with Crippen LogP contribution in [0.4, 0.5) is 4.39 Å². The molecule has 0 aliphatic carbocycles. The third-order valence-corrected chi connectivity index (χ3v) is 6.39. The molecule has 1 saturated heterocycles. The smallest absolute Gasteiger partial charge is 0.295 e. The Balaban J connectivity index is 1.55. The monoisotopic (exact) mass is 470 g/mol. The number of fused-ring (bicyclic) bond motifs is 1. The fourth-order valence-corrected chi connectivity index (χ4v) is 4.59. The maximum absolute atomic E-state index is 13.7. The number of Topliss-reactive ketones (excluding diaryl/α,β-unsaturated/α-hetero) is 1. The number of aliphatic hydroxyl groups excluding tert-OH is 1. The molecule has 0 saturated carbocycles. The summed E-state index contributed by atoms with van der Waals surface area (Å²) in [5, 5.41) is 12.2. The molecule has 4 aromatic rings. The maximum atomic E-state index is 13.7. The van der Waals surface area contributed by atoms with Crippen LogP contribution in [-0.4, -0.2) is 40.3 Å². The second-order valence-corrected chi connectivity index (χ2v) is 8.38. The average Bonchev–Trinajstić information content (AvgIpc) is 3.41. The number of carbonyl (C=O) groups is 2. The van der Waals surface area contributed by atoms with Crippen molar-refractivity contribution in [1.82, 2.24) is 9.88 Å². The summed E-state index contributed by atoms with van der Waals surface area (Å²) in [4.78, 5) is 31.0. The topological polar surface area (TPSA) is 82.6 Å². The fourth-order valence-electron chi connectivity index (χ4n) is 4.59. The number of halogens is 1. The first-order chi connectivity index (χ1) is 17.0. The van der Waals surface area contributed by atoms with E-state index in [-0.39, 0.29) is 17.9 Å². The van der Waals surface area contributed by atoms with Crippen molar-refractivity contribution in [2.45, 2.75) is 12.5 Å². The van der Waals surface area contributed by atoms with Crippen LogP contribution in [0.5, 0.6) is 5.75 Å². The zero-order chi connectivity index (χ0) is 24.5. The molecule has 35 heavy (non-hydrogen) atoms. The number of aliphatic hydroxyl groups is 1. The second kappa shape index (κ2) is 9.10. The van der Waals surface area contributed by atoms with Crippen LogP contribution < -0.4 is 4.74 Å². The SMILES string of the molecule is COc1ccc(C(O)=C2C(=O)C(=O)N(CCc3c[nH]c4ccccc34)[C@H]2c2ccc(F)cc2)cc1. The van der Waals surface area contributed by atoms with E-state index in [1.807, 2.05) is 30.5 Å². The molecule has 0 spiro atoms. The van der Waals surface area contributed by atoms with Crippen LogP contribution in [0.25, 0.3) is 16.7 Å². The van der Waals surface area contributed by atoms with E-state index >= 15 is 0 Å². The van der Waals surface area contributed by atoms with Gasteiger partial charge in [-0.1, -0.05) is 30.3 Å². The summed E-state index contributed by atoms with van der Waals surface area (Å²) in [7, 11) is 1.53. The number of hydrogen-bond acceptors (Lipinski definition) is 4. The summed E-state index contributed by atoms with van der Waals surface area (Å²) in [5.74, 6) is -1.59. The quantitative estimate of drug-likeness (QED) is 0.237. The Morgan fingerprint density at radius 1 is 1.03 bits per heavy atom. The highest BCUT2D eigenvalue weighted by Crippen LogP contribution is 2.39. The van der Waals surface area contributed by atoms with E-state index in [2.05, 4.69) is 4.98 Å². The number of rotatable bonds is 6. The number of nitrogens with zero attached hydrogens (tertiary/aromatic N) is 1. The normalized spacial score (nSPS) is 17.3. The van der Waals surface area contributed by atoms with E-state index in [4.69, 9.17) is 4.74 Å². The van der Waals surface area contributed by atoms with Crippen molar-refractivity contribution < 1.29 is 23.8 Å². The first-order valence-corrected chi connectivity index (χ1v) is 11.2. The Bertz CT molecular complexity index is 1440. The molecule has 6 nitrogen and oxygen atoms in total. The lowest BCUT2D eigenvalue weighted by Gasteiger charge is -2.25. The van der Waals surface area contributed by atoms with Crippen LogP contribution >= 0.6 is 0 Å². The van der Waals surface area contributed by atoms with Gasteiger partial charge in [0, 0.05) is 29.2 Å². The molecular weight excluding hydrogens is 447 g/mol.